The van der Waals surface area contributed by atoms with Crippen molar-refractivity contribution in [2.45, 2.75) is 363 Å². The topological polar surface area (TPSA) is 312 Å². The Kier molecular flexibility index (Phi) is 37.9. The molecule has 0 heterocycles. The lowest BCUT2D eigenvalue weighted by Crippen LogP contribution is -2.44. The summed E-state index contributed by atoms with van der Waals surface area (Å²) >= 11 is 0. The minimum atomic E-state index is 0.315. The van der Waals surface area contributed by atoms with E-state index in [1.807, 2.05) is 6.92 Å². The van der Waals surface area contributed by atoms with E-state index in [2.05, 4.69) is 90.0 Å². The third-order valence-corrected chi connectivity index (χ3v) is 29.1. The molecule has 95 heavy (non-hydrogen) atoms. The predicted molar refractivity (Wildman–Crippen MR) is 413 cm³/mol. The fourth-order valence-corrected chi connectivity index (χ4v) is 22.8. The van der Waals surface area contributed by atoms with Crippen LogP contribution in [0.2, 0.25) is 0 Å². The first-order valence-electron chi connectivity index (χ1n) is 41.8. The van der Waals surface area contributed by atoms with Crippen molar-refractivity contribution in [1.29, 1.82) is 0 Å². The quantitative estimate of drug-likeness (QED) is 0.0868. The van der Waals surface area contributed by atoms with Gasteiger partial charge in [-0.2, -0.15) is 0 Å². The highest BCUT2D eigenvalue weighted by Gasteiger charge is 2.44. The second-order valence-electron chi connectivity index (χ2n) is 37.7. The molecule has 11 aliphatic carbocycles. The van der Waals surface area contributed by atoms with E-state index in [-0.39, 0.29) is 0 Å². The minimum absolute atomic E-state index is 0.315. The fourth-order valence-electron chi connectivity index (χ4n) is 22.8. The Labute approximate surface area is 590 Å². The lowest BCUT2D eigenvalue weighted by molar-refractivity contribution is 0.106. The van der Waals surface area contributed by atoms with E-state index >= 15 is 0 Å². The number of fused-ring (bicyclic) bond motifs is 2. The van der Waals surface area contributed by atoms with E-state index in [0.29, 0.717) is 107 Å². The zero-order valence-electron chi connectivity index (χ0n) is 65.4. The number of nitrogens with two attached hydrogens (primary N) is 12. The molecular formula is C83H170N12. The Hall–Kier alpha value is -0.480. The molecule has 0 aromatic rings. The van der Waals surface area contributed by atoms with Gasteiger partial charge in [-0.3, -0.25) is 0 Å². The third kappa shape index (κ3) is 27.3. The highest BCUT2D eigenvalue weighted by molar-refractivity contribution is 4.98. The lowest BCUT2D eigenvalue weighted by Gasteiger charge is -2.43. The first-order valence-corrected chi connectivity index (χ1v) is 41.8. The highest BCUT2D eigenvalue weighted by atomic mass is 14.8. The van der Waals surface area contributed by atoms with Crippen LogP contribution in [0.25, 0.3) is 0 Å². The zero-order valence-corrected chi connectivity index (χ0v) is 65.4. The lowest BCUT2D eigenvalue weighted by atomic mass is 9.65. The highest BCUT2D eigenvalue weighted by Crippen LogP contribution is 2.49. The van der Waals surface area contributed by atoms with Crippen LogP contribution < -0.4 is 68.8 Å². The molecule has 0 amide bonds. The minimum Gasteiger partial charge on any atom is -0.331 e. The third-order valence-electron chi connectivity index (χ3n) is 29.1. The summed E-state index contributed by atoms with van der Waals surface area (Å²) < 4.78 is 0. The summed E-state index contributed by atoms with van der Waals surface area (Å²) in [7, 11) is 0. The molecule has 24 N–H and O–H groups in total. The Balaban J connectivity index is 0.000000208. The van der Waals surface area contributed by atoms with Crippen LogP contribution in [-0.4, -0.2) is 74.0 Å². The van der Waals surface area contributed by atoms with Crippen LogP contribution >= 0.6 is 0 Å². The van der Waals surface area contributed by atoms with Crippen LogP contribution in [0.1, 0.15) is 309 Å². The van der Waals surface area contributed by atoms with Crippen molar-refractivity contribution in [3.05, 3.63) is 0 Å². The molecule has 11 rings (SSSR count). The van der Waals surface area contributed by atoms with Crippen molar-refractivity contribution in [3.63, 3.8) is 0 Å². The first kappa shape index (κ1) is 85.2. The van der Waals surface area contributed by atoms with Crippen molar-refractivity contribution in [2.75, 3.05) is 19.6 Å². The van der Waals surface area contributed by atoms with Gasteiger partial charge in [-0.1, -0.05) is 116 Å². The second kappa shape index (κ2) is 42.3. The average Bonchev–Trinajstić information content (AvgIpc) is 1.74. The van der Waals surface area contributed by atoms with Gasteiger partial charge in [0, 0.05) is 54.4 Å². The molecule has 12 nitrogen and oxygen atoms in total. The Bertz CT molecular complexity index is 1870. The van der Waals surface area contributed by atoms with Gasteiger partial charge in [0.1, 0.15) is 0 Å². The summed E-state index contributed by atoms with van der Waals surface area (Å²) in [6, 6.07) is 3.97. The standard InChI is InChI=1S/C19H38N2.C17H34N2.C15H30N2.C13H26N2.C9H20N2.C8H15N.C2H7N/c1-5-16-10-14(7-12(3)18(16)20)9-15-8-13(4)19(21)17(6-2)11-15;1-10-5-14(6-11(2)16(10)18)9-15-7-12(3)17(19)13(4)8-15;1-10-7-12(3-5-14(10)16)9-13-4-6-15(17)11(2)8-13;14-12-5-1-10(2-6-12)9-11-3-7-13(15)8-4-11;1-6-4-9(2,3)7(5-10)8(6)11;9-5-8-4-6-1-2-7(8)3-6;1-2-3/h12-19H,5-11,20-21H2,1-4H3;10-17H,5-9,18-19H2,1-4H3;10-15H,3-9,16-17H2,1-2H3;10-13H,1-9,14-15H2;6-8H,4-5,10-11H2,1-3H3;6-8H,1-5,9H2;2-3H2,1H3. The van der Waals surface area contributed by atoms with Gasteiger partial charge in [0.15, 0.2) is 0 Å². The molecule has 0 spiro atoms. The summed E-state index contributed by atoms with van der Waals surface area (Å²) in [5, 5.41) is 0. The molecule has 562 valence electrons. The van der Waals surface area contributed by atoms with E-state index in [0.717, 1.165) is 108 Å². The van der Waals surface area contributed by atoms with Gasteiger partial charge in [-0.25, -0.2) is 0 Å². The normalized spacial score (nSPS) is 46.2. The summed E-state index contributed by atoms with van der Waals surface area (Å²) in [4.78, 5) is 0. The summed E-state index contributed by atoms with van der Waals surface area (Å²) in [6.45, 7) is 34.5. The predicted octanol–water partition coefficient (Wildman–Crippen LogP) is 15.2. The molecule has 0 saturated heterocycles. The van der Waals surface area contributed by atoms with Crippen LogP contribution in [-0.2, 0) is 0 Å². The summed E-state index contributed by atoms with van der Waals surface area (Å²) in [5.74, 6) is 18.8. The van der Waals surface area contributed by atoms with Gasteiger partial charge in [0.05, 0.1) is 0 Å². The van der Waals surface area contributed by atoms with E-state index in [1.54, 1.807) is 0 Å². The van der Waals surface area contributed by atoms with Gasteiger partial charge in [-0.15, -0.1) is 0 Å². The maximum absolute atomic E-state index is 6.40. The molecule has 11 saturated carbocycles. The van der Waals surface area contributed by atoms with Crippen LogP contribution in [0.3, 0.4) is 0 Å². The second-order valence-corrected chi connectivity index (χ2v) is 37.7. The maximum atomic E-state index is 6.40. The van der Waals surface area contributed by atoms with E-state index in [9.17, 15) is 0 Å². The molecule has 0 radical (unpaired) electrons. The summed E-state index contributed by atoms with van der Waals surface area (Å²) in [6.07, 6.45) is 44.7. The van der Waals surface area contributed by atoms with Gasteiger partial charge in [-0.05, 0) is 354 Å². The average molecular weight is 1340 g/mol. The number of rotatable bonds is 12. The Morgan fingerprint density at radius 3 is 0.895 bits per heavy atom. The maximum Gasteiger partial charge on any atom is 0.0110 e. The van der Waals surface area contributed by atoms with E-state index in [4.69, 9.17) is 68.8 Å². The SMILES string of the molecule is CC1CC(C)(C)C(CN)C1N.CC1CC(CC2CC(C)C(N)C(C)C2)CC(C)C1N.CC1CC(CC2CCC(N)C(C)C2)CCC1N.CCC1CC(CC2CC(C)C(N)C(CC)C2)CC(C)C1N.CCN.NC1CCC(CC2CCC(N)CC2)CC1.NCC1CC2CCC1C2. The zero-order chi connectivity index (χ0) is 70.4. The molecular weight excluding hydrogens is 1160 g/mol. The number of hydrogen-bond donors (Lipinski definition) is 12. The Morgan fingerprint density at radius 1 is 0.295 bits per heavy atom. The molecule has 24 unspecified atom stereocenters. The molecule has 0 aromatic carbocycles. The van der Waals surface area contributed by atoms with Crippen LogP contribution in [0.4, 0.5) is 0 Å². The molecule has 2 bridgehead atoms. The number of hydrogen-bond acceptors (Lipinski definition) is 12. The van der Waals surface area contributed by atoms with Crippen LogP contribution in [0, 0.1) is 142 Å². The van der Waals surface area contributed by atoms with Gasteiger partial charge < -0.3 is 68.8 Å². The van der Waals surface area contributed by atoms with E-state index < -0.39 is 0 Å². The summed E-state index contributed by atoms with van der Waals surface area (Å²) in [5.41, 5.74) is 71.9. The van der Waals surface area contributed by atoms with Gasteiger partial charge in [0.25, 0.3) is 0 Å². The monoisotopic (exact) mass is 1340 g/mol. The first-order chi connectivity index (χ1) is 44.9. The van der Waals surface area contributed by atoms with E-state index in [1.165, 1.54) is 212 Å². The van der Waals surface area contributed by atoms with Crippen molar-refractivity contribution in [3.8, 4) is 0 Å². The molecule has 11 fully saturated rings. The Morgan fingerprint density at radius 2 is 0.621 bits per heavy atom. The van der Waals surface area contributed by atoms with Gasteiger partial charge in [0.2, 0.25) is 0 Å². The molecule has 0 aliphatic heterocycles. The smallest absolute Gasteiger partial charge is 0.0110 e. The van der Waals surface area contributed by atoms with Crippen LogP contribution in [0.5, 0.6) is 0 Å². The molecule has 12 heteroatoms. The van der Waals surface area contributed by atoms with Gasteiger partial charge >= 0.3 is 0 Å². The van der Waals surface area contributed by atoms with Crippen molar-refractivity contribution in [2.24, 2.45) is 210 Å². The molecule has 24 atom stereocenters. The fraction of sp³-hybridized carbons (Fsp3) is 1.00. The largest absolute Gasteiger partial charge is 0.331 e. The van der Waals surface area contributed by atoms with Crippen molar-refractivity contribution >= 4 is 0 Å². The van der Waals surface area contributed by atoms with Crippen LogP contribution in [0.15, 0.2) is 0 Å². The van der Waals surface area contributed by atoms with Crippen molar-refractivity contribution < 1.29 is 0 Å². The van der Waals surface area contributed by atoms with Crippen molar-refractivity contribution in [1.82, 2.24) is 0 Å². The molecule has 11 aliphatic rings. The molecule has 0 aromatic heterocycles.